The summed E-state index contributed by atoms with van der Waals surface area (Å²) in [6.07, 6.45) is 0.174. The molecule has 0 aromatic heterocycles. The van der Waals surface area contributed by atoms with Crippen LogP contribution in [0.3, 0.4) is 0 Å². The van der Waals surface area contributed by atoms with Gasteiger partial charge in [0, 0.05) is 10.6 Å². The Labute approximate surface area is 155 Å². The summed E-state index contributed by atoms with van der Waals surface area (Å²) >= 11 is 1.53. The molecule has 0 saturated heterocycles. The van der Waals surface area contributed by atoms with Gasteiger partial charge in [-0.2, -0.15) is 0 Å². The molecule has 0 aliphatic rings. The average molecular weight is 373 g/mol. The molecule has 136 valence electrons. The van der Waals surface area contributed by atoms with E-state index in [0.29, 0.717) is 11.5 Å². The summed E-state index contributed by atoms with van der Waals surface area (Å²) in [5.74, 6) is -0.890. The summed E-state index contributed by atoms with van der Waals surface area (Å²) in [5, 5.41) is 2.17. The number of hydrogen-bond acceptors (Lipinski definition) is 6. The normalized spacial score (nSPS) is 10.0. The first-order valence-electron chi connectivity index (χ1n) is 7.91. The number of nitrogens with one attached hydrogen (secondary N) is 1. The molecule has 2 aromatic carbocycles. The Kier molecular flexibility index (Phi) is 7.70. The number of methoxy groups -OCH3 is 1. The fourth-order valence-corrected chi connectivity index (χ4v) is 2.90. The van der Waals surface area contributed by atoms with E-state index >= 15 is 0 Å². The Balaban J connectivity index is 1.70. The van der Waals surface area contributed by atoms with E-state index in [1.54, 1.807) is 18.2 Å². The number of ether oxygens (including phenoxy) is 2. The standard InChI is InChI=1S/C19H19NO5S/c1-24-16-10-6-5-9-15(16)19(23)20-17(21)13-25-18(22)11-12-26-14-7-3-2-4-8-14/h2-10H,11-13H2,1H3,(H,20,21,23). The number of amides is 2. The number of thioether (sulfide) groups is 1. The fourth-order valence-electron chi connectivity index (χ4n) is 2.05. The molecule has 0 radical (unpaired) electrons. The van der Waals surface area contributed by atoms with Crippen molar-refractivity contribution in [3.8, 4) is 5.75 Å². The summed E-state index contributed by atoms with van der Waals surface area (Å²) in [6.45, 7) is -0.504. The summed E-state index contributed by atoms with van der Waals surface area (Å²) in [6, 6.07) is 16.2. The van der Waals surface area contributed by atoms with Crippen LogP contribution < -0.4 is 10.1 Å². The number of imide groups is 1. The third kappa shape index (κ3) is 6.25. The topological polar surface area (TPSA) is 81.7 Å². The second kappa shape index (κ2) is 10.2. The predicted octanol–water partition coefficient (Wildman–Crippen LogP) is 2.68. The first kappa shape index (κ1) is 19.5. The molecule has 2 aromatic rings. The second-order valence-corrected chi connectivity index (χ2v) is 6.32. The van der Waals surface area contributed by atoms with E-state index in [1.165, 1.54) is 24.9 Å². The highest BCUT2D eigenvalue weighted by atomic mass is 32.2. The Morgan fingerprint density at radius 1 is 1.00 bits per heavy atom. The molecule has 0 saturated carbocycles. The molecule has 0 unspecified atom stereocenters. The minimum absolute atomic E-state index is 0.174. The van der Waals surface area contributed by atoms with Crippen molar-refractivity contribution in [2.24, 2.45) is 0 Å². The molecule has 0 spiro atoms. The van der Waals surface area contributed by atoms with Gasteiger partial charge < -0.3 is 9.47 Å². The van der Waals surface area contributed by atoms with Crippen molar-refractivity contribution in [3.63, 3.8) is 0 Å². The van der Waals surface area contributed by atoms with Crippen LogP contribution in [0.2, 0.25) is 0 Å². The van der Waals surface area contributed by atoms with E-state index < -0.39 is 24.4 Å². The lowest BCUT2D eigenvalue weighted by Crippen LogP contribution is -2.34. The van der Waals surface area contributed by atoms with Crippen LogP contribution in [-0.4, -0.2) is 37.3 Å². The molecule has 0 atom stereocenters. The first-order chi connectivity index (χ1) is 12.6. The number of carbonyl (C=O) groups excluding carboxylic acids is 3. The van der Waals surface area contributed by atoms with Crippen LogP contribution in [0.4, 0.5) is 0 Å². The van der Waals surface area contributed by atoms with E-state index in [2.05, 4.69) is 5.32 Å². The molecule has 0 fully saturated rings. The van der Waals surface area contributed by atoms with Crippen LogP contribution in [0.15, 0.2) is 59.5 Å². The van der Waals surface area contributed by atoms with Gasteiger partial charge in [0.15, 0.2) is 6.61 Å². The molecule has 0 bridgehead atoms. The Morgan fingerprint density at radius 3 is 2.42 bits per heavy atom. The first-order valence-corrected chi connectivity index (χ1v) is 8.89. The minimum atomic E-state index is -0.690. The van der Waals surface area contributed by atoms with Crippen molar-refractivity contribution in [3.05, 3.63) is 60.2 Å². The third-order valence-corrected chi connectivity index (χ3v) is 4.30. The lowest BCUT2D eigenvalue weighted by Gasteiger charge is -2.08. The summed E-state index contributed by atoms with van der Waals surface area (Å²) in [5.41, 5.74) is 0.230. The SMILES string of the molecule is COc1ccccc1C(=O)NC(=O)COC(=O)CCSc1ccccc1. The molecule has 2 rings (SSSR count). The highest BCUT2D eigenvalue weighted by molar-refractivity contribution is 7.99. The molecule has 6 nitrogen and oxygen atoms in total. The Bertz CT molecular complexity index is 764. The van der Waals surface area contributed by atoms with Crippen LogP contribution in [0.25, 0.3) is 0 Å². The van der Waals surface area contributed by atoms with E-state index in [0.717, 1.165) is 4.90 Å². The van der Waals surface area contributed by atoms with Gasteiger partial charge in [-0.3, -0.25) is 19.7 Å². The van der Waals surface area contributed by atoms with Crippen LogP contribution >= 0.6 is 11.8 Å². The molecule has 2 amide bonds. The summed E-state index contributed by atoms with van der Waals surface area (Å²) < 4.78 is 9.95. The predicted molar refractivity (Wildman–Crippen MR) is 98.2 cm³/mol. The molecule has 26 heavy (non-hydrogen) atoms. The smallest absolute Gasteiger partial charge is 0.307 e. The largest absolute Gasteiger partial charge is 0.496 e. The molecule has 1 N–H and O–H groups in total. The lowest BCUT2D eigenvalue weighted by atomic mass is 10.2. The number of rotatable bonds is 8. The number of hydrogen-bond donors (Lipinski definition) is 1. The van der Waals surface area contributed by atoms with E-state index in [1.807, 2.05) is 30.3 Å². The second-order valence-electron chi connectivity index (χ2n) is 5.15. The lowest BCUT2D eigenvalue weighted by molar-refractivity contribution is -0.147. The quantitative estimate of drug-likeness (QED) is 0.566. The Morgan fingerprint density at radius 2 is 1.69 bits per heavy atom. The van der Waals surface area contributed by atoms with E-state index in [4.69, 9.17) is 9.47 Å². The maximum absolute atomic E-state index is 12.1. The average Bonchev–Trinajstić information content (AvgIpc) is 2.67. The highest BCUT2D eigenvalue weighted by Crippen LogP contribution is 2.18. The number of benzene rings is 2. The molecule has 0 aliphatic heterocycles. The van der Waals surface area contributed by atoms with Gasteiger partial charge in [0.2, 0.25) is 0 Å². The zero-order valence-electron chi connectivity index (χ0n) is 14.3. The number of para-hydroxylation sites is 1. The van der Waals surface area contributed by atoms with Gasteiger partial charge in [0.05, 0.1) is 19.1 Å². The fraction of sp³-hybridized carbons (Fsp3) is 0.211. The summed E-state index contributed by atoms with van der Waals surface area (Å²) in [4.78, 5) is 36.6. The van der Waals surface area contributed by atoms with Gasteiger partial charge in [-0.25, -0.2) is 0 Å². The number of carbonyl (C=O) groups is 3. The molecule has 7 heteroatoms. The van der Waals surface area contributed by atoms with Crippen molar-refractivity contribution in [1.29, 1.82) is 0 Å². The van der Waals surface area contributed by atoms with Crippen molar-refractivity contribution in [2.45, 2.75) is 11.3 Å². The zero-order chi connectivity index (χ0) is 18.8. The van der Waals surface area contributed by atoms with Crippen LogP contribution in [0, 0.1) is 0 Å². The van der Waals surface area contributed by atoms with Crippen molar-refractivity contribution < 1.29 is 23.9 Å². The van der Waals surface area contributed by atoms with Crippen LogP contribution in [-0.2, 0) is 14.3 Å². The number of esters is 1. The monoisotopic (exact) mass is 373 g/mol. The van der Waals surface area contributed by atoms with Gasteiger partial charge in [-0.15, -0.1) is 11.8 Å². The molecular weight excluding hydrogens is 354 g/mol. The van der Waals surface area contributed by atoms with Crippen molar-refractivity contribution in [2.75, 3.05) is 19.5 Å². The summed E-state index contributed by atoms with van der Waals surface area (Å²) in [7, 11) is 1.43. The van der Waals surface area contributed by atoms with Crippen LogP contribution in [0.5, 0.6) is 5.75 Å². The van der Waals surface area contributed by atoms with Crippen LogP contribution in [0.1, 0.15) is 16.8 Å². The van der Waals surface area contributed by atoms with E-state index in [-0.39, 0.29) is 12.0 Å². The third-order valence-electron chi connectivity index (χ3n) is 3.29. The van der Waals surface area contributed by atoms with Crippen molar-refractivity contribution >= 4 is 29.5 Å². The maximum Gasteiger partial charge on any atom is 0.307 e. The van der Waals surface area contributed by atoms with Gasteiger partial charge in [0.1, 0.15) is 5.75 Å². The maximum atomic E-state index is 12.1. The zero-order valence-corrected chi connectivity index (χ0v) is 15.1. The Hall–Kier alpha value is -2.80. The highest BCUT2D eigenvalue weighted by Gasteiger charge is 2.15. The molecule has 0 aliphatic carbocycles. The minimum Gasteiger partial charge on any atom is -0.496 e. The van der Waals surface area contributed by atoms with E-state index in [9.17, 15) is 14.4 Å². The molecule has 0 heterocycles. The van der Waals surface area contributed by atoms with Gasteiger partial charge in [-0.1, -0.05) is 30.3 Å². The van der Waals surface area contributed by atoms with Crippen molar-refractivity contribution in [1.82, 2.24) is 5.32 Å². The van der Waals surface area contributed by atoms with Gasteiger partial charge in [0.25, 0.3) is 11.8 Å². The van der Waals surface area contributed by atoms with Gasteiger partial charge >= 0.3 is 5.97 Å². The van der Waals surface area contributed by atoms with Gasteiger partial charge in [-0.05, 0) is 24.3 Å². The molecular formula is C19H19NO5S.